The van der Waals surface area contributed by atoms with E-state index in [4.69, 9.17) is 15.9 Å². The molecule has 0 radical (unpaired) electrons. The van der Waals surface area contributed by atoms with Gasteiger partial charge in [0.05, 0.1) is 0 Å². The Morgan fingerprint density at radius 3 is 1.11 bits per heavy atom. The molecule has 2 N–H and O–H groups in total. The van der Waals surface area contributed by atoms with Crippen molar-refractivity contribution in [1.29, 1.82) is 0 Å². The molecule has 0 fully saturated rings. The predicted molar refractivity (Wildman–Crippen MR) is 26.1 cm³/mol. The molecular formula is C4H11CrO4-. The minimum atomic E-state index is -5.25. The summed E-state index contributed by atoms with van der Waals surface area (Å²) in [5, 5.41) is 0. The zero-order valence-corrected chi connectivity index (χ0v) is 6.89. The fourth-order valence-electron chi connectivity index (χ4n) is 0. The summed E-state index contributed by atoms with van der Waals surface area (Å²) in [5.41, 5.74) is 0. The summed E-state index contributed by atoms with van der Waals surface area (Å²) >= 11 is -5.25. The molecule has 0 saturated heterocycles. The van der Waals surface area contributed by atoms with Crippen molar-refractivity contribution >= 4 is 0 Å². The van der Waals surface area contributed by atoms with Crippen LogP contribution in [0.2, 0.25) is 0 Å². The molecule has 0 unspecified atom stereocenters. The molecular weight excluding hydrogens is 164 g/mol. The van der Waals surface area contributed by atoms with Crippen molar-refractivity contribution in [1.82, 2.24) is 0 Å². The van der Waals surface area contributed by atoms with Crippen LogP contribution in [-0.2, 0) is 21.2 Å². The van der Waals surface area contributed by atoms with E-state index in [1.165, 1.54) is 5.92 Å². The van der Waals surface area contributed by atoms with Crippen LogP contribution in [0.5, 0.6) is 0 Å². The van der Waals surface area contributed by atoms with E-state index in [1.54, 1.807) is 0 Å². The zero-order valence-electron chi connectivity index (χ0n) is 5.62. The first-order chi connectivity index (χ1) is 3.73. The Bertz CT molecular complexity index is 124. The molecule has 5 heteroatoms. The van der Waals surface area contributed by atoms with Gasteiger partial charge in [0.15, 0.2) is 0 Å². The van der Waals surface area contributed by atoms with Crippen molar-refractivity contribution < 1.29 is 29.5 Å². The Morgan fingerprint density at radius 2 is 1.11 bits per heavy atom. The zero-order chi connectivity index (χ0) is 8.08. The van der Waals surface area contributed by atoms with Crippen LogP contribution in [0.3, 0.4) is 0 Å². The molecule has 0 aromatic carbocycles. The van der Waals surface area contributed by atoms with Gasteiger partial charge in [-0.25, -0.2) is 0 Å². The minimum absolute atomic E-state index is 1.42. The third kappa shape index (κ3) is 107000. The second kappa shape index (κ2) is 4.89. The van der Waals surface area contributed by atoms with Crippen molar-refractivity contribution in [2.75, 3.05) is 0 Å². The summed E-state index contributed by atoms with van der Waals surface area (Å²) in [6, 6.07) is 0. The molecule has 9 heavy (non-hydrogen) atoms. The van der Waals surface area contributed by atoms with E-state index in [2.05, 4.69) is 20.8 Å². The monoisotopic (exact) mass is 175 g/mol. The summed E-state index contributed by atoms with van der Waals surface area (Å²) in [5.74, 6) is 1.42. The quantitative estimate of drug-likeness (QED) is 0.518. The molecule has 4 nitrogen and oxygen atoms in total. The third-order valence-corrected chi connectivity index (χ3v) is 0. The Labute approximate surface area is 56.9 Å². The number of rotatable bonds is 0. The molecule has 0 heterocycles. The van der Waals surface area contributed by atoms with Gasteiger partial charge in [0.2, 0.25) is 0 Å². The topological polar surface area (TPSA) is 74.6 Å². The van der Waals surface area contributed by atoms with E-state index >= 15 is 0 Å². The van der Waals surface area contributed by atoms with Gasteiger partial charge in [-0.2, -0.15) is 20.8 Å². The van der Waals surface area contributed by atoms with Crippen LogP contribution in [0.1, 0.15) is 20.8 Å². The Hall–Kier alpha value is 0.0525. The Balaban J connectivity index is 0. The third-order valence-electron chi connectivity index (χ3n) is 0. The van der Waals surface area contributed by atoms with Gasteiger partial charge in [0.1, 0.15) is 0 Å². The van der Waals surface area contributed by atoms with E-state index < -0.39 is 13.6 Å². The maximum absolute atomic E-state index is 8.82. The van der Waals surface area contributed by atoms with Gasteiger partial charge in [-0.3, -0.25) is 0 Å². The van der Waals surface area contributed by atoms with E-state index in [0.717, 1.165) is 0 Å². The van der Waals surface area contributed by atoms with Crippen LogP contribution < -0.4 is 0 Å². The van der Waals surface area contributed by atoms with Gasteiger partial charge in [-0.15, -0.1) is 0 Å². The summed E-state index contributed by atoms with van der Waals surface area (Å²) < 4.78 is 31.9. The number of hydrogen-bond donors (Lipinski definition) is 2. The molecule has 0 spiro atoms. The molecule has 0 aliphatic heterocycles. The molecule has 0 aromatic rings. The van der Waals surface area contributed by atoms with Gasteiger partial charge >= 0.3 is 29.5 Å². The molecule has 0 saturated carbocycles. The first-order valence-electron chi connectivity index (χ1n) is 2.20. The second-order valence-electron chi connectivity index (χ2n) is 1.95. The van der Waals surface area contributed by atoms with Gasteiger partial charge in [0, 0.05) is 0 Å². The first kappa shape index (κ1) is 11.8. The Morgan fingerprint density at radius 1 is 1.11 bits per heavy atom. The molecule has 0 aromatic heterocycles. The van der Waals surface area contributed by atoms with Gasteiger partial charge < -0.3 is 5.92 Å². The predicted octanol–water partition coefficient (Wildman–Crippen LogP) is 0.266. The summed E-state index contributed by atoms with van der Waals surface area (Å²) in [7, 11) is 0. The van der Waals surface area contributed by atoms with Crippen LogP contribution in [0.4, 0.5) is 0 Å². The normalized spacial score (nSPS) is 10.4. The van der Waals surface area contributed by atoms with E-state index in [0.29, 0.717) is 0 Å². The van der Waals surface area contributed by atoms with Crippen molar-refractivity contribution in [3.05, 3.63) is 5.92 Å². The van der Waals surface area contributed by atoms with Crippen molar-refractivity contribution in [3.8, 4) is 0 Å². The molecule has 0 rings (SSSR count). The molecule has 0 aliphatic rings. The Kier molecular flexibility index (Phi) is 6.41. The average Bonchev–Trinajstić information content (AvgIpc) is 1.19. The number of hydrogen-bond acceptors (Lipinski definition) is 2. The van der Waals surface area contributed by atoms with Crippen LogP contribution in [0.25, 0.3) is 0 Å². The standard InChI is InChI=1S/C4H9.Cr.2H2O.2O/c1-4(2)3;;;;;/h1-3H3;;2*1H2;;/q-1;+2;;;;/p-2. The summed E-state index contributed by atoms with van der Waals surface area (Å²) in [6.07, 6.45) is 0. The van der Waals surface area contributed by atoms with Gasteiger partial charge in [-0.1, -0.05) is 0 Å². The summed E-state index contributed by atoms with van der Waals surface area (Å²) in [6.45, 7) is 6.25. The van der Waals surface area contributed by atoms with Gasteiger partial charge in [0.25, 0.3) is 0 Å². The van der Waals surface area contributed by atoms with E-state index in [1.807, 2.05) is 0 Å². The molecule has 58 valence electrons. The van der Waals surface area contributed by atoms with Crippen LogP contribution in [-0.4, -0.2) is 8.32 Å². The summed E-state index contributed by atoms with van der Waals surface area (Å²) in [4.78, 5) is 0. The molecule has 0 amide bonds. The van der Waals surface area contributed by atoms with Crippen molar-refractivity contribution in [3.63, 3.8) is 0 Å². The second-order valence-corrected chi connectivity index (χ2v) is 3.35. The average molecular weight is 175 g/mol. The van der Waals surface area contributed by atoms with Crippen LogP contribution in [0.15, 0.2) is 0 Å². The fraction of sp³-hybridized carbons (Fsp3) is 0.750. The van der Waals surface area contributed by atoms with Crippen molar-refractivity contribution in [2.24, 2.45) is 0 Å². The van der Waals surface area contributed by atoms with Crippen LogP contribution >= 0.6 is 0 Å². The molecule has 0 bridgehead atoms. The van der Waals surface area contributed by atoms with Crippen molar-refractivity contribution in [2.45, 2.75) is 20.8 Å². The van der Waals surface area contributed by atoms with Gasteiger partial charge in [-0.05, 0) is 0 Å². The van der Waals surface area contributed by atoms with E-state index in [-0.39, 0.29) is 0 Å². The van der Waals surface area contributed by atoms with Crippen LogP contribution in [0, 0.1) is 5.92 Å². The van der Waals surface area contributed by atoms with E-state index in [9.17, 15) is 0 Å². The molecule has 0 aliphatic carbocycles. The maximum atomic E-state index is 8.82. The first-order valence-corrected chi connectivity index (χ1v) is 4.38. The fourth-order valence-corrected chi connectivity index (χ4v) is 0. The molecule has 0 atom stereocenters. The SMILES string of the molecule is C[C-](C)C.[O]=[Cr](=[O])([OH])[OH].